The number of hydrogen-bond donors (Lipinski definition) is 2. The van der Waals surface area contributed by atoms with Gasteiger partial charge in [-0.1, -0.05) is 24.3 Å². The topological polar surface area (TPSA) is 156 Å². The molecule has 4 amide bonds. The Bertz CT molecular complexity index is 1980. The van der Waals surface area contributed by atoms with Crippen LogP contribution in [0.3, 0.4) is 0 Å². The number of allylic oxidation sites excluding steroid dienone is 1. The van der Waals surface area contributed by atoms with Crippen LogP contribution in [0.1, 0.15) is 44.9 Å². The zero-order chi connectivity index (χ0) is 35.9. The molecule has 3 fully saturated rings. The monoisotopic (exact) mass is 717 g/mol. The van der Waals surface area contributed by atoms with Crippen LogP contribution in [0.25, 0.3) is 21.9 Å². The molecule has 14 heteroatoms. The van der Waals surface area contributed by atoms with E-state index < -0.39 is 44.8 Å². The molecule has 0 bridgehead atoms. The number of fused-ring (bicyclic) bond motifs is 3. The van der Waals surface area contributed by atoms with E-state index in [1.54, 1.807) is 32.4 Å². The molecule has 3 aromatic rings. The van der Waals surface area contributed by atoms with E-state index in [0.29, 0.717) is 31.0 Å². The van der Waals surface area contributed by atoms with Crippen LogP contribution in [0.4, 0.5) is 4.79 Å². The summed E-state index contributed by atoms with van der Waals surface area (Å²) in [7, 11) is 1.10. The highest BCUT2D eigenvalue weighted by molar-refractivity contribution is 7.91. The van der Waals surface area contributed by atoms with Gasteiger partial charge in [-0.3, -0.25) is 14.3 Å². The van der Waals surface area contributed by atoms with Crippen molar-refractivity contribution >= 4 is 38.6 Å². The van der Waals surface area contributed by atoms with Gasteiger partial charge in [0, 0.05) is 48.5 Å². The molecule has 3 heterocycles. The minimum atomic E-state index is -3.84. The molecule has 51 heavy (non-hydrogen) atoms. The van der Waals surface area contributed by atoms with Crippen LogP contribution in [0, 0.1) is 5.92 Å². The Hall–Kier alpha value is -4.85. The molecule has 13 nitrogen and oxygen atoms in total. The number of aromatic nitrogens is 1. The Labute approximate surface area is 297 Å². The number of carbonyl (C=O) groups is 3. The summed E-state index contributed by atoms with van der Waals surface area (Å²) in [6.07, 6.45) is 8.64. The van der Waals surface area contributed by atoms with E-state index in [0.717, 1.165) is 46.9 Å². The summed E-state index contributed by atoms with van der Waals surface area (Å²) in [5, 5.41) is 3.88. The normalized spacial score (nSPS) is 26.0. The van der Waals surface area contributed by atoms with Gasteiger partial charge in [0.25, 0.3) is 5.91 Å². The second-order valence-corrected chi connectivity index (χ2v) is 15.8. The number of nitrogens with one attached hydrogen (secondary N) is 2. The fourth-order valence-electron chi connectivity index (χ4n) is 7.18. The van der Waals surface area contributed by atoms with Crippen LogP contribution < -0.4 is 24.2 Å². The molecule has 4 unspecified atom stereocenters. The second kappa shape index (κ2) is 13.7. The number of hydrogen-bond acceptors (Lipinski definition) is 9. The lowest BCUT2D eigenvalue weighted by atomic mass is 9.98. The van der Waals surface area contributed by atoms with Gasteiger partial charge in [-0.2, -0.15) is 0 Å². The number of methoxy groups -OCH3 is 2. The molecule has 1 aromatic heterocycles. The summed E-state index contributed by atoms with van der Waals surface area (Å²) < 4.78 is 45.3. The third-order valence-corrected chi connectivity index (χ3v) is 12.2. The number of nitrogens with zero attached hydrogens (tertiary/aromatic N) is 3. The Morgan fingerprint density at radius 3 is 2.53 bits per heavy atom. The summed E-state index contributed by atoms with van der Waals surface area (Å²) in [6.45, 7) is 0.623. The van der Waals surface area contributed by atoms with Gasteiger partial charge < -0.3 is 29.3 Å². The summed E-state index contributed by atoms with van der Waals surface area (Å²) in [6, 6.07) is 12.0. The molecule has 7 rings (SSSR count). The van der Waals surface area contributed by atoms with Crippen molar-refractivity contribution in [1.82, 2.24) is 24.8 Å². The smallest absolute Gasteiger partial charge is 0.320 e. The molecule has 2 aliphatic heterocycles. The Morgan fingerprint density at radius 2 is 1.80 bits per heavy atom. The number of amides is 4. The number of ether oxygens (including phenoxy) is 3. The van der Waals surface area contributed by atoms with Crippen LogP contribution in [-0.4, -0.2) is 98.3 Å². The van der Waals surface area contributed by atoms with E-state index in [4.69, 9.17) is 14.2 Å². The summed E-state index contributed by atoms with van der Waals surface area (Å²) >= 11 is 0. The van der Waals surface area contributed by atoms with Crippen LogP contribution in [-0.2, 0) is 19.6 Å². The average Bonchev–Trinajstić information content (AvgIpc) is 4.06. The van der Waals surface area contributed by atoms with E-state index in [1.165, 1.54) is 4.90 Å². The van der Waals surface area contributed by atoms with Crippen molar-refractivity contribution in [2.75, 3.05) is 34.4 Å². The molecule has 1 saturated heterocycles. The van der Waals surface area contributed by atoms with Gasteiger partial charge in [-0.25, -0.2) is 18.2 Å². The quantitative estimate of drug-likeness (QED) is 0.329. The van der Waals surface area contributed by atoms with Crippen LogP contribution >= 0.6 is 0 Å². The van der Waals surface area contributed by atoms with Gasteiger partial charge in [-0.05, 0) is 74.4 Å². The molecule has 2 saturated carbocycles. The van der Waals surface area contributed by atoms with Crippen LogP contribution in [0.15, 0.2) is 60.8 Å². The summed E-state index contributed by atoms with van der Waals surface area (Å²) in [5.41, 5.74) is 0.338. The zero-order valence-corrected chi connectivity index (χ0v) is 29.8. The Balaban J connectivity index is 1.18. The van der Waals surface area contributed by atoms with Crippen molar-refractivity contribution in [3.8, 4) is 28.5 Å². The minimum absolute atomic E-state index is 0.111. The predicted octanol–water partition coefficient (Wildman–Crippen LogP) is 4.02. The van der Waals surface area contributed by atoms with E-state index in [2.05, 4.69) is 15.0 Å². The average molecular weight is 718 g/mol. The molecule has 2 N–H and O–H groups in total. The number of rotatable bonds is 8. The van der Waals surface area contributed by atoms with E-state index in [1.807, 2.05) is 54.6 Å². The van der Waals surface area contributed by atoms with Crippen molar-refractivity contribution in [1.29, 1.82) is 0 Å². The van der Waals surface area contributed by atoms with E-state index in [9.17, 15) is 22.8 Å². The fraction of sp³-hybridized carbons (Fsp3) is 0.459. The van der Waals surface area contributed by atoms with Crippen molar-refractivity contribution in [2.24, 2.45) is 5.92 Å². The Morgan fingerprint density at radius 1 is 1.02 bits per heavy atom. The number of pyridine rings is 1. The number of carbonyl (C=O) groups excluding carboxylic acids is 3. The van der Waals surface area contributed by atoms with Crippen molar-refractivity contribution in [2.45, 2.75) is 67.9 Å². The maximum absolute atomic E-state index is 14.1. The van der Waals surface area contributed by atoms with Gasteiger partial charge in [0.05, 0.1) is 26.0 Å². The molecule has 4 atom stereocenters. The zero-order valence-electron chi connectivity index (χ0n) is 29.0. The van der Waals surface area contributed by atoms with Gasteiger partial charge in [0.1, 0.15) is 29.2 Å². The van der Waals surface area contributed by atoms with E-state index in [-0.39, 0.29) is 31.3 Å². The van der Waals surface area contributed by atoms with Gasteiger partial charge in [0.2, 0.25) is 21.8 Å². The van der Waals surface area contributed by atoms with Gasteiger partial charge >= 0.3 is 6.03 Å². The highest BCUT2D eigenvalue weighted by Gasteiger charge is 2.62. The first-order chi connectivity index (χ1) is 24.5. The molecule has 2 aliphatic carbocycles. The highest BCUT2D eigenvalue weighted by Crippen LogP contribution is 2.46. The first-order valence-corrected chi connectivity index (χ1v) is 18.9. The van der Waals surface area contributed by atoms with Gasteiger partial charge in [-0.15, -0.1) is 0 Å². The van der Waals surface area contributed by atoms with Crippen molar-refractivity contribution in [3.63, 3.8) is 0 Å². The van der Waals surface area contributed by atoms with E-state index >= 15 is 0 Å². The maximum atomic E-state index is 14.1. The molecular weight excluding hydrogens is 675 g/mol. The SMILES string of the molecule is COc1ccc(-c2c(OC)ccc3c(OC4CC5C(=O)NC6(C(=O)NS(=O)(=O)C7CC7)CC6/C=C/CCCCN(C)C(=O)N5C4)nccc23)cc1. The fourth-order valence-corrected chi connectivity index (χ4v) is 8.55. The molecule has 0 radical (unpaired) electrons. The van der Waals surface area contributed by atoms with Crippen molar-refractivity contribution < 1.29 is 37.0 Å². The number of benzene rings is 2. The molecule has 2 aromatic carbocycles. The predicted molar refractivity (Wildman–Crippen MR) is 190 cm³/mol. The standard InChI is InChI=1S/C37H43N5O8S/c1-41-19-7-5-4-6-8-24-21-37(24,35(44)40-51(46,47)27-13-14-27)39-33(43)30-20-26(22-42(30)36(41)45)50-34-29-15-16-31(49-3)32(28(29)17-18-38-34)23-9-11-25(48-2)12-10-23/h6,8-12,15-18,24,26-27,30H,4-5,7,13-14,19-22H2,1-3H3,(H,39,43)(H,40,44)/b8-6+. The molecular formula is C37H43N5O8S. The van der Waals surface area contributed by atoms with Crippen LogP contribution in [0.5, 0.6) is 17.4 Å². The maximum Gasteiger partial charge on any atom is 0.320 e. The number of sulfonamides is 1. The lowest BCUT2D eigenvalue weighted by Crippen LogP contribution is -2.57. The summed E-state index contributed by atoms with van der Waals surface area (Å²) in [4.78, 5) is 49.2. The summed E-state index contributed by atoms with van der Waals surface area (Å²) in [5.74, 6) is 0.0965. The highest BCUT2D eigenvalue weighted by atomic mass is 32.2. The third-order valence-electron chi connectivity index (χ3n) is 10.3. The first-order valence-electron chi connectivity index (χ1n) is 17.4. The molecule has 4 aliphatic rings. The lowest BCUT2D eigenvalue weighted by Gasteiger charge is -2.30. The third kappa shape index (κ3) is 6.80. The van der Waals surface area contributed by atoms with Gasteiger partial charge in [0.15, 0.2) is 0 Å². The lowest BCUT2D eigenvalue weighted by molar-refractivity contribution is -0.131. The Kier molecular flexibility index (Phi) is 9.29. The minimum Gasteiger partial charge on any atom is -0.497 e. The second-order valence-electron chi connectivity index (χ2n) is 13.8. The first kappa shape index (κ1) is 34.6. The molecule has 270 valence electrons. The molecule has 0 spiro atoms. The van der Waals surface area contributed by atoms with Crippen molar-refractivity contribution in [3.05, 3.63) is 60.8 Å². The largest absolute Gasteiger partial charge is 0.497 e. The number of urea groups is 1. The van der Waals surface area contributed by atoms with Crippen LogP contribution in [0.2, 0.25) is 0 Å².